The smallest absolute Gasteiger partial charge is 0.416 e. The van der Waals surface area contributed by atoms with Crippen molar-refractivity contribution >= 4 is 11.4 Å². The molecule has 6 rings (SSSR count). The van der Waals surface area contributed by atoms with E-state index in [2.05, 4.69) is 26.4 Å². The van der Waals surface area contributed by atoms with Crippen molar-refractivity contribution in [2.75, 3.05) is 11.4 Å². The van der Waals surface area contributed by atoms with E-state index in [1.165, 1.54) is 12.5 Å². The lowest BCUT2D eigenvalue weighted by atomic mass is 9.91. The van der Waals surface area contributed by atoms with Crippen LogP contribution in [-0.4, -0.2) is 21.3 Å². The van der Waals surface area contributed by atoms with Crippen LogP contribution in [0.2, 0.25) is 0 Å². The number of aryl methyl sites for hydroxylation is 2. The third-order valence-corrected chi connectivity index (χ3v) is 6.78. The fourth-order valence-electron chi connectivity index (χ4n) is 5.14. The molecule has 0 fully saturated rings. The zero-order chi connectivity index (χ0) is 24.1. The lowest BCUT2D eigenvalue weighted by Crippen LogP contribution is -2.26. The minimum Gasteiger partial charge on any atom is -0.416 e. The number of rotatable bonds is 4. The van der Waals surface area contributed by atoms with Gasteiger partial charge in [-0.2, -0.15) is 10.1 Å². The standard InChI is InChI=1S/C26H23F2N5O2/c1-32-13-18(11-31-32)20-6-15-3-2-4-33(23(15)8-21(20)25(27)28)24-7-16(5-17-9-29-12-22(17)24)19-10-30-26(34)35-14-19/h5-8,10-11,13-14,25,29H,2-4,9,12H2,1H3. The summed E-state index contributed by atoms with van der Waals surface area (Å²) in [7, 11) is 1.78. The molecule has 0 saturated carbocycles. The summed E-state index contributed by atoms with van der Waals surface area (Å²) in [6, 6.07) is 7.65. The molecular formula is C26H23F2N5O2. The van der Waals surface area contributed by atoms with Gasteiger partial charge in [0.25, 0.3) is 6.43 Å². The molecule has 0 saturated heterocycles. The predicted molar refractivity (Wildman–Crippen MR) is 128 cm³/mol. The van der Waals surface area contributed by atoms with Crippen molar-refractivity contribution in [2.24, 2.45) is 7.05 Å². The summed E-state index contributed by atoms with van der Waals surface area (Å²) in [5, 5.41) is 7.57. The molecule has 35 heavy (non-hydrogen) atoms. The van der Waals surface area contributed by atoms with E-state index >= 15 is 0 Å². The molecular weight excluding hydrogens is 452 g/mol. The van der Waals surface area contributed by atoms with Crippen molar-refractivity contribution in [3.8, 4) is 22.3 Å². The summed E-state index contributed by atoms with van der Waals surface area (Å²) in [4.78, 5) is 17.3. The van der Waals surface area contributed by atoms with Crippen LogP contribution in [0.4, 0.5) is 20.2 Å². The first-order valence-electron chi connectivity index (χ1n) is 11.5. The SMILES string of the molecule is Cn1cc(-c2cc3c(cc2C(F)F)N(c2cc(-c4cnc(=O)oc4)cc4c2CNC4)CCC3)cn1. The topological polar surface area (TPSA) is 76.2 Å². The Hall–Kier alpha value is -3.85. The second kappa shape index (κ2) is 8.42. The molecule has 0 bridgehead atoms. The second-order valence-electron chi connectivity index (χ2n) is 8.98. The number of hydrogen-bond donors (Lipinski definition) is 1. The lowest BCUT2D eigenvalue weighted by Gasteiger charge is -2.34. The number of fused-ring (bicyclic) bond motifs is 2. The van der Waals surface area contributed by atoms with Gasteiger partial charge in [-0.3, -0.25) is 4.68 Å². The third kappa shape index (κ3) is 3.81. The van der Waals surface area contributed by atoms with Gasteiger partial charge in [-0.05, 0) is 64.9 Å². The summed E-state index contributed by atoms with van der Waals surface area (Å²) >= 11 is 0. The van der Waals surface area contributed by atoms with Crippen LogP contribution < -0.4 is 16.0 Å². The highest BCUT2D eigenvalue weighted by atomic mass is 19.3. The zero-order valence-electron chi connectivity index (χ0n) is 19.1. The highest BCUT2D eigenvalue weighted by Crippen LogP contribution is 2.44. The average molecular weight is 475 g/mol. The number of alkyl halides is 2. The van der Waals surface area contributed by atoms with E-state index < -0.39 is 12.2 Å². The van der Waals surface area contributed by atoms with Crippen LogP contribution in [0.25, 0.3) is 22.3 Å². The van der Waals surface area contributed by atoms with Gasteiger partial charge in [-0.15, -0.1) is 0 Å². The molecule has 7 nitrogen and oxygen atoms in total. The highest BCUT2D eigenvalue weighted by Gasteiger charge is 2.28. The molecule has 2 aliphatic rings. The van der Waals surface area contributed by atoms with Gasteiger partial charge in [0.05, 0.1) is 6.20 Å². The van der Waals surface area contributed by atoms with Crippen LogP contribution in [0.15, 0.2) is 58.3 Å². The number of aromatic nitrogens is 3. The molecule has 4 heterocycles. The van der Waals surface area contributed by atoms with Gasteiger partial charge in [0.1, 0.15) is 6.26 Å². The summed E-state index contributed by atoms with van der Waals surface area (Å²) in [5.74, 6) is -0.647. The van der Waals surface area contributed by atoms with E-state index in [9.17, 15) is 13.6 Å². The number of nitrogens with zero attached hydrogens (tertiary/aromatic N) is 4. The van der Waals surface area contributed by atoms with Crippen molar-refractivity contribution in [1.29, 1.82) is 0 Å². The van der Waals surface area contributed by atoms with E-state index in [0.717, 1.165) is 53.0 Å². The molecule has 2 aromatic carbocycles. The van der Waals surface area contributed by atoms with Gasteiger partial charge in [-0.1, -0.05) is 0 Å². The van der Waals surface area contributed by atoms with E-state index in [1.807, 2.05) is 12.1 Å². The number of nitrogens with one attached hydrogen (secondary N) is 1. The zero-order valence-corrected chi connectivity index (χ0v) is 19.1. The highest BCUT2D eigenvalue weighted by molar-refractivity contribution is 5.81. The fraction of sp³-hybridized carbons (Fsp3) is 0.269. The fourth-order valence-corrected chi connectivity index (χ4v) is 5.14. The van der Waals surface area contributed by atoms with Crippen LogP contribution >= 0.6 is 0 Å². The molecule has 9 heteroatoms. The first-order chi connectivity index (χ1) is 17.0. The van der Waals surface area contributed by atoms with Crippen LogP contribution in [0.5, 0.6) is 0 Å². The summed E-state index contributed by atoms with van der Waals surface area (Å²) < 4.78 is 35.1. The summed E-state index contributed by atoms with van der Waals surface area (Å²) in [6.45, 7) is 2.14. The Kier molecular flexibility index (Phi) is 5.21. The van der Waals surface area contributed by atoms with Crippen molar-refractivity contribution in [3.63, 3.8) is 0 Å². The summed E-state index contributed by atoms with van der Waals surface area (Å²) in [6.07, 6.45) is 5.40. The number of halogens is 2. The first kappa shape index (κ1) is 21.7. The Morgan fingerprint density at radius 3 is 2.66 bits per heavy atom. The normalized spacial score (nSPS) is 14.9. The Morgan fingerprint density at radius 1 is 1.03 bits per heavy atom. The van der Waals surface area contributed by atoms with Crippen LogP contribution in [0.1, 0.15) is 35.1 Å². The first-order valence-corrected chi connectivity index (χ1v) is 11.5. The van der Waals surface area contributed by atoms with E-state index in [0.29, 0.717) is 29.8 Å². The maximum absolute atomic E-state index is 14.3. The predicted octanol–water partition coefficient (Wildman–Crippen LogP) is 4.73. The van der Waals surface area contributed by atoms with E-state index in [-0.39, 0.29) is 5.56 Å². The second-order valence-corrected chi connectivity index (χ2v) is 8.98. The van der Waals surface area contributed by atoms with Crippen molar-refractivity contribution in [3.05, 3.63) is 81.9 Å². The molecule has 0 unspecified atom stereocenters. The van der Waals surface area contributed by atoms with Gasteiger partial charge < -0.3 is 14.6 Å². The number of benzene rings is 2. The Bertz CT molecular complexity index is 1470. The lowest BCUT2D eigenvalue weighted by molar-refractivity contribution is 0.152. The maximum Gasteiger partial charge on any atom is 0.438 e. The summed E-state index contributed by atoms with van der Waals surface area (Å²) in [5.41, 5.74) is 7.89. The molecule has 2 aliphatic heterocycles. The quantitative estimate of drug-likeness (QED) is 0.460. The van der Waals surface area contributed by atoms with Crippen molar-refractivity contribution < 1.29 is 13.2 Å². The Labute approximate surface area is 200 Å². The largest absolute Gasteiger partial charge is 0.438 e. The molecule has 0 radical (unpaired) electrons. The van der Waals surface area contributed by atoms with Crippen LogP contribution in [0.3, 0.4) is 0 Å². The molecule has 2 aromatic heterocycles. The average Bonchev–Trinajstić information content (AvgIpc) is 3.51. The molecule has 178 valence electrons. The number of hydrogen-bond acceptors (Lipinski definition) is 6. The van der Waals surface area contributed by atoms with Gasteiger partial charge in [0.15, 0.2) is 0 Å². The molecule has 0 spiro atoms. The molecule has 0 aliphatic carbocycles. The van der Waals surface area contributed by atoms with Crippen LogP contribution in [-0.2, 0) is 26.6 Å². The van der Waals surface area contributed by atoms with E-state index in [4.69, 9.17) is 4.42 Å². The van der Waals surface area contributed by atoms with Crippen LogP contribution in [0, 0.1) is 0 Å². The minimum atomic E-state index is -2.61. The molecule has 1 N–H and O–H groups in total. The minimum absolute atomic E-state index is 0.00334. The van der Waals surface area contributed by atoms with Crippen molar-refractivity contribution in [1.82, 2.24) is 20.1 Å². The maximum atomic E-state index is 14.3. The Balaban J connectivity index is 1.51. The van der Waals surface area contributed by atoms with Crippen molar-refractivity contribution in [2.45, 2.75) is 32.4 Å². The van der Waals surface area contributed by atoms with Gasteiger partial charge in [-0.25, -0.2) is 13.6 Å². The molecule has 4 aromatic rings. The monoisotopic (exact) mass is 475 g/mol. The third-order valence-electron chi connectivity index (χ3n) is 6.78. The Morgan fingerprint density at radius 2 is 1.91 bits per heavy atom. The van der Waals surface area contributed by atoms with Gasteiger partial charge >= 0.3 is 5.76 Å². The molecule has 0 amide bonds. The van der Waals surface area contributed by atoms with E-state index in [1.54, 1.807) is 30.2 Å². The molecule has 0 atom stereocenters. The van der Waals surface area contributed by atoms with Gasteiger partial charge in [0, 0.05) is 67.1 Å². The number of anilines is 2. The van der Waals surface area contributed by atoms with Gasteiger partial charge in [0.2, 0.25) is 0 Å².